The van der Waals surface area contributed by atoms with Gasteiger partial charge in [-0.15, -0.1) is 0 Å². The Kier molecular flexibility index (Phi) is 5.87. The molecule has 0 saturated carbocycles. The van der Waals surface area contributed by atoms with Gasteiger partial charge in [0.05, 0.1) is 18.9 Å². The fourth-order valence-corrected chi connectivity index (χ4v) is 1.47. The number of rotatable bonds is 7. The van der Waals surface area contributed by atoms with Crippen molar-refractivity contribution in [3.63, 3.8) is 0 Å². The molecule has 0 aliphatic rings. The van der Waals surface area contributed by atoms with Gasteiger partial charge in [-0.2, -0.15) is 0 Å². The van der Waals surface area contributed by atoms with Crippen LogP contribution in [-0.4, -0.2) is 30.8 Å². The lowest BCUT2D eigenvalue weighted by atomic mass is 10.1. The lowest BCUT2D eigenvalue weighted by Crippen LogP contribution is -2.24. The van der Waals surface area contributed by atoms with Gasteiger partial charge in [0.2, 0.25) is 0 Å². The average Bonchev–Trinajstić information content (AvgIpc) is 2.36. The molecule has 5 nitrogen and oxygen atoms in total. The van der Waals surface area contributed by atoms with Crippen molar-refractivity contribution in [2.75, 3.05) is 13.7 Å². The molecule has 5 heteroatoms. The molecule has 1 aromatic rings. The number of carbonyl (C=O) groups excluding carboxylic acids is 1. The van der Waals surface area contributed by atoms with Crippen LogP contribution in [-0.2, 0) is 25.7 Å². The minimum Gasteiger partial charge on any atom is -0.481 e. The van der Waals surface area contributed by atoms with Crippen LogP contribution in [0.4, 0.5) is 0 Å². The number of carboxylic acid groups (broad SMARTS) is 1. The van der Waals surface area contributed by atoms with E-state index in [2.05, 4.69) is 0 Å². The van der Waals surface area contributed by atoms with E-state index < -0.39 is 17.9 Å². The Bertz CT molecular complexity index is 388. The summed E-state index contributed by atoms with van der Waals surface area (Å²) < 4.78 is 9.88. The van der Waals surface area contributed by atoms with Crippen molar-refractivity contribution in [3.05, 3.63) is 35.9 Å². The minimum atomic E-state index is -1.05. The van der Waals surface area contributed by atoms with Crippen molar-refractivity contribution in [1.29, 1.82) is 0 Å². The standard InChI is InChI=1S/C13H16O5/c1-17-9-11(7-12(14)15)13(16)18-8-10-5-3-2-4-6-10/h2-6,11H,7-9H2,1H3,(H,14,15). The fourth-order valence-electron chi connectivity index (χ4n) is 1.47. The summed E-state index contributed by atoms with van der Waals surface area (Å²) in [6, 6.07) is 9.20. The maximum absolute atomic E-state index is 11.7. The Labute approximate surface area is 105 Å². The van der Waals surface area contributed by atoms with E-state index in [1.165, 1.54) is 7.11 Å². The highest BCUT2D eigenvalue weighted by Crippen LogP contribution is 2.09. The van der Waals surface area contributed by atoms with Gasteiger partial charge in [-0.05, 0) is 5.56 Å². The van der Waals surface area contributed by atoms with Crippen LogP contribution in [0.15, 0.2) is 30.3 Å². The van der Waals surface area contributed by atoms with Crippen molar-refractivity contribution in [2.24, 2.45) is 5.92 Å². The molecule has 1 aromatic carbocycles. The molecule has 0 aliphatic heterocycles. The molecule has 0 aromatic heterocycles. The summed E-state index contributed by atoms with van der Waals surface area (Å²) in [4.78, 5) is 22.3. The normalized spacial score (nSPS) is 11.8. The summed E-state index contributed by atoms with van der Waals surface area (Å²) >= 11 is 0. The number of carbonyl (C=O) groups is 2. The van der Waals surface area contributed by atoms with Gasteiger partial charge in [-0.1, -0.05) is 30.3 Å². The van der Waals surface area contributed by atoms with Crippen LogP contribution >= 0.6 is 0 Å². The molecule has 1 unspecified atom stereocenters. The fraction of sp³-hybridized carbons (Fsp3) is 0.385. The zero-order valence-electron chi connectivity index (χ0n) is 10.2. The van der Waals surface area contributed by atoms with Crippen LogP contribution in [0.25, 0.3) is 0 Å². The van der Waals surface area contributed by atoms with E-state index in [1.54, 1.807) is 0 Å². The van der Waals surface area contributed by atoms with Gasteiger partial charge in [0, 0.05) is 7.11 Å². The van der Waals surface area contributed by atoms with Gasteiger partial charge >= 0.3 is 11.9 Å². The van der Waals surface area contributed by atoms with Crippen LogP contribution in [0.3, 0.4) is 0 Å². The summed E-state index contributed by atoms with van der Waals surface area (Å²) in [6.45, 7) is 0.180. The summed E-state index contributed by atoms with van der Waals surface area (Å²) in [6.07, 6.45) is -0.290. The van der Waals surface area contributed by atoms with Crippen LogP contribution in [0.2, 0.25) is 0 Å². The van der Waals surface area contributed by atoms with Crippen molar-refractivity contribution in [1.82, 2.24) is 0 Å². The first-order chi connectivity index (χ1) is 8.63. The van der Waals surface area contributed by atoms with Crippen molar-refractivity contribution in [3.8, 4) is 0 Å². The number of esters is 1. The number of benzene rings is 1. The van der Waals surface area contributed by atoms with Crippen molar-refractivity contribution < 1.29 is 24.2 Å². The Morgan fingerprint density at radius 1 is 1.28 bits per heavy atom. The molecule has 0 radical (unpaired) electrons. The van der Waals surface area contributed by atoms with Crippen molar-refractivity contribution in [2.45, 2.75) is 13.0 Å². The third-order valence-corrected chi connectivity index (χ3v) is 2.35. The van der Waals surface area contributed by atoms with Crippen LogP contribution in [0.1, 0.15) is 12.0 Å². The van der Waals surface area contributed by atoms with Crippen molar-refractivity contribution >= 4 is 11.9 Å². The number of aliphatic carboxylic acids is 1. The predicted molar refractivity (Wildman–Crippen MR) is 63.9 cm³/mol. The summed E-state index contributed by atoms with van der Waals surface area (Å²) in [5, 5.41) is 8.68. The monoisotopic (exact) mass is 252 g/mol. The highest BCUT2D eigenvalue weighted by atomic mass is 16.5. The van der Waals surface area contributed by atoms with E-state index in [-0.39, 0.29) is 19.6 Å². The van der Waals surface area contributed by atoms with E-state index in [0.29, 0.717) is 0 Å². The Balaban J connectivity index is 2.48. The predicted octanol–water partition coefficient (Wildman–Crippen LogP) is 1.47. The molecule has 0 spiro atoms. The number of hydrogen-bond acceptors (Lipinski definition) is 4. The smallest absolute Gasteiger partial charge is 0.312 e. The number of hydrogen-bond donors (Lipinski definition) is 1. The molecule has 1 rings (SSSR count). The van der Waals surface area contributed by atoms with Gasteiger partial charge in [0.25, 0.3) is 0 Å². The van der Waals surface area contributed by atoms with Crippen LogP contribution in [0, 0.1) is 5.92 Å². The Morgan fingerprint density at radius 2 is 1.94 bits per heavy atom. The van der Waals surface area contributed by atoms with Crippen LogP contribution in [0.5, 0.6) is 0 Å². The van der Waals surface area contributed by atoms with Crippen LogP contribution < -0.4 is 0 Å². The van der Waals surface area contributed by atoms with Gasteiger partial charge in [0.1, 0.15) is 6.61 Å². The molecular formula is C13H16O5. The maximum atomic E-state index is 11.7. The average molecular weight is 252 g/mol. The van der Waals surface area contributed by atoms with Gasteiger partial charge in [-0.3, -0.25) is 9.59 Å². The first kappa shape index (κ1) is 14.2. The molecule has 98 valence electrons. The summed E-state index contributed by atoms with van der Waals surface area (Å²) in [5.41, 5.74) is 0.859. The maximum Gasteiger partial charge on any atom is 0.312 e. The lowest BCUT2D eigenvalue weighted by molar-refractivity contribution is -0.156. The zero-order chi connectivity index (χ0) is 13.4. The minimum absolute atomic E-state index is 0.0416. The SMILES string of the molecule is COCC(CC(=O)O)C(=O)OCc1ccccc1. The quantitative estimate of drug-likeness (QED) is 0.744. The third-order valence-electron chi connectivity index (χ3n) is 2.35. The largest absolute Gasteiger partial charge is 0.481 e. The lowest BCUT2D eigenvalue weighted by Gasteiger charge is -2.13. The molecule has 1 atom stereocenters. The Morgan fingerprint density at radius 3 is 2.50 bits per heavy atom. The molecule has 18 heavy (non-hydrogen) atoms. The molecule has 0 bridgehead atoms. The van der Waals surface area contributed by atoms with E-state index in [9.17, 15) is 9.59 Å². The summed E-state index contributed by atoms with van der Waals surface area (Å²) in [7, 11) is 1.42. The van der Waals surface area contributed by atoms with E-state index in [1.807, 2.05) is 30.3 Å². The molecule has 1 N–H and O–H groups in total. The third kappa shape index (κ3) is 4.97. The molecule has 0 amide bonds. The molecule has 0 saturated heterocycles. The van der Waals surface area contributed by atoms with E-state index in [0.717, 1.165) is 5.56 Å². The molecule has 0 fully saturated rings. The molecular weight excluding hydrogens is 236 g/mol. The molecule has 0 heterocycles. The van der Waals surface area contributed by atoms with Gasteiger partial charge in [0.15, 0.2) is 0 Å². The summed E-state index contributed by atoms with van der Waals surface area (Å²) in [5.74, 6) is -2.37. The number of carboxylic acids is 1. The first-order valence-electron chi connectivity index (χ1n) is 5.54. The van der Waals surface area contributed by atoms with E-state index >= 15 is 0 Å². The number of ether oxygens (including phenoxy) is 2. The topological polar surface area (TPSA) is 72.8 Å². The highest BCUT2D eigenvalue weighted by Gasteiger charge is 2.23. The Hall–Kier alpha value is -1.88. The second-order valence-corrected chi connectivity index (χ2v) is 3.84. The second kappa shape index (κ2) is 7.45. The second-order valence-electron chi connectivity index (χ2n) is 3.84. The zero-order valence-corrected chi connectivity index (χ0v) is 10.2. The van der Waals surface area contributed by atoms with Gasteiger partial charge in [-0.25, -0.2) is 0 Å². The van der Waals surface area contributed by atoms with E-state index in [4.69, 9.17) is 14.6 Å². The first-order valence-corrected chi connectivity index (χ1v) is 5.54. The molecule has 0 aliphatic carbocycles. The van der Waals surface area contributed by atoms with Gasteiger partial charge < -0.3 is 14.6 Å². The number of methoxy groups -OCH3 is 1. The highest BCUT2D eigenvalue weighted by molar-refractivity contribution is 5.79.